The number of carboxylic acids is 2. The summed E-state index contributed by atoms with van der Waals surface area (Å²) in [4.78, 5) is 84.3. The average molecular weight is 662 g/mol. The molecule has 0 spiro atoms. The Morgan fingerprint density at radius 3 is 2.35 bits per heavy atom. The predicted molar refractivity (Wildman–Crippen MR) is 170 cm³/mol. The third-order valence-electron chi connectivity index (χ3n) is 8.16. The molecular formula is C33H35N5O10. The molecule has 3 aromatic rings. The molecule has 15 heteroatoms. The van der Waals surface area contributed by atoms with Crippen LogP contribution in [0.25, 0.3) is 10.9 Å². The molecule has 0 bridgehead atoms. The van der Waals surface area contributed by atoms with Crippen molar-refractivity contribution in [3.8, 4) is 5.75 Å². The Morgan fingerprint density at radius 1 is 0.958 bits per heavy atom. The van der Waals surface area contributed by atoms with E-state index in [1.807, 2.05) is 0 Å². The molecule has 4 amide bonds. The number of ether oxygens (including phenoxy) is 2. The number of carbonyl (C=O) groups excluding carboxylic acids is 4. The molecule has 1 fully saturated rings. The van der Waals surface area contributed by atoms with E-state index >= 15 is 0 Å². The number of carboxylic acid groups (broad SMARTS) is 2. The number of pyridine rings is 1. The largest absolute Gasteiger partial charge is 0.483 e. The van der Waals surface area contributed by atoms with Gasteiger partial charge in [-0.15, -0.1) is 0 Å². The van der Waals surface area contributed by atoms with E-state index in [9.17, 15) is 39.0 Å². The molecule has 2 atom stereocenters. The molecule has 15 nitrogen and oxygen atoms in total. The number of benzene rings is 2. The van der Waals surface area contributed by atoms with E-state index in [1.165, 1.54) is 20.8 Å². The second-order valence-electron chi connectivity index (χ2n) is 11.2. The molecule has 2 aliphatic heterocycles. The van der Waals surface area contributed by atoms with Gasteiger partial charge in [-0.3, -0.25) is 24.1 Å². The Kier molecular flexibility index (Phi) is 10.4. The van der Waals surface area contributed by atoms with Crippen LogP contribution in [0.2, 0.25) is 0 Å². The van der Waals surface area contributed by atoms with Crippen molar-refractivity contribution in [2.45, 2.75) is 38.3 Å². The summed E-state index contributed by atoms with van der Waals surface area (Å²) in [7, 11) is 0. The zero-order chi connectivity index (χ0) is 34.4. The quantitative estimate of drug-likeness (QED) is 0.272. The number of anilines is 1. The molecule has 2 aromatic carbocycles. The second kappa shape index (κ2) is 14.8. The summed E-state index contributed by atoms with van der Waals surface area (Å²) in [5.74, 6) is -4.05. The van der Waals surface area contributed by atoms with Crippen LogP contribution in [0.4, 0.5) is 10.5 Å². The fourth-order valence-electron chi connectivity index (χ4n) is 5.78. The van der Waals surface area contributed by atoms with Crippen LogP contribution in [-0.4, -0.2) is 112 Å². The maximum absolute atomic E-state index is 13.5. The van der Waals surface area contributed by atoms with Crippen LogP contribution in [-0.2, 0) is 30.3 Å². The van der Waals surface area contributed by atoms with Crippen molar-refractivity contribution >= 4 is 52.3 Å². The fraction of sp³-hybridized carbons (Fsp3) is 0.364. The first kappa shape index (κ1) is 33.6. The van der Waals surface area contributed by atoms with Crippen LogP contribution < -0.4 is 15.0 Å². The van der Waals surface area contributed by atoms with Gasteiger partial charge in [0.15, 0.2) is 6.61 Å². The van der Waals surface area contributed by atoms with Crippen molar-refractivity contribution in [3.05, 3.63) is 65.9 Å². The predicted octanol–water partition coefficient (Wildman–Crippen LogP) is 1.92. The number of para-hydroxylation sites is 2. The number of piperazine rings is 1. The van der Waals surface area contributed by atoms with E-state index in [-0.39, 0.29) is 57.1 Å². The Hall–Kier alpha value is -5.73. The molecule has 48 heavy (non-hydrogen) atoms. The molecule has 0 aliphatic carbocycles. The maximum Gasteiger partial charge on any atom is 0.409 e. The molecule has 1 aromatic heterocycles. The van der Waals surface area contributed by atoms with Gasteiger partial charge in [0.1, 0.15) is 23.5 Å². The molecule has 2 aliphatic rings. The van der Waals surface area contributed by atoms with Gasteiger partial charge in [0.05, 0.1) is 12.1 Å². The molecule has 5 rings (SSSR count). The lowest BCUT2D eigenvalue weighted by Gasteiger charge is -2.35. The van der Waals surface area contributed by atoms with Crippen molar-refractivity contribution in [2.75, 3.05) is 44.3 Å². The van der Waals surface area contributed by atoms with Gasteiger partial charge in [-0.25, -0.2) is 14.6 Å². The highest BCUT2D eigenvalue weighted by Gasteiger charge is 2.38. The Morgan fingerprint density at radius 2 is 1.65 bits per heavy atom. The first-order valence-electron chi connectivity index (χ1n) is 15.5. The van der Waals surface area contributed by atoms with E-state index in [2.05, 4.69) is 10.3 Å². The summed E-state index contributed by atoms with van der Waals surface area (Å²) in [5, 5.41) is 22.2. The summed E-state index contributed by atoms with van der Waals surface area (Å²) in [6, 6.07) is 12.7. The van der Waals surface area contributed by atoms with Crippen molar-refractivity contribution in [3.63, 3.8) is 0 Å². The van der Waals surface area contributed by atoms with Crippen LogP contribution in [0.5, 0.6) is 5.75 Å². The van der Waals surface area contributed by atoms with E-state index < -0.39 is 60.9 Å². The SMILES string of the molecule is CCOC(=O)N1CCN(C(=O)[C@H](CCC(=O)O)NC(=O)c2cc(OCC(=O)N3c4ccccc4C[C@H]3C(=O)O)c3ccccc3n2)CC1. The average Bonchev–Trinajstić information content (AvgIpc) is 3.49. The van der Waals surface area contributed by atoms with Gasteiger partial charge in [-0.2, -0.15) is 0 Å². The Bertz CT molecular complexity index is 1740. The highest BCUT2D eigenvalue weighted by Crippen LogP contribution is 2.33. The molecule has 3 N–H and O–H groups in total. The molecule has 0 radical (unpaired) electrons. The summed E-state index contributed by atoms with van der Waals surface area (Å²) < 4.78 is 10.9. The number of nitrogens with zero attached hydrogens (tertiary/aromatic N) is 4. The van der Waals surface area contributed by atoms with Gasteiger partial charge in [0.2, 0.25) is 5.91 Å². The molecule has 0 unspecified atom stereocenters. The number of hydrogen-bond donors (Lipinski definition) is 3. The first-order chi connectivity index (χ1) is 23.1. The number of hydrogen-bond acceptors (Lipinski definition) is 9. The van der Waals surface area contributed by atoms with E-state index in [4.69, 9.17) is 9.47 Å². The lowest BCUT2D eigenvalue weighted by Crippen LogP contribution is -2.56. The van der Waals surface area contributed by atoms with E-state index in [0.29, 0.717) is 16.6 Å². The molecule has 3 heterocycles. The van der Waals surface area contributed by atoms with E-state index in [1.54, 1.807) is 55.5 Å². The fourth-order valence-corrected chi connectivity index (χ4v) is 5.78. The van der Waals surface area contributed by atoms with Crippen LogP contribution in [0.3, 0.4) is 0 Å². The van der Waals surface area contributed by atoms with Crippen molar-refractivity contribution in [1.82, 2.24) is 20.1 Å². The van der Waals surface area contributed by atoms with Gasteiger partial charge in [0, 0.05) is 56.2 Å². The molecule has 0 saturated carbocycles. The summed E-state index contributed by atoms with van der Waals surface area (Å²) in [6.07, 6.45) is -0.916. The number of fused-ring (bicyclic) bond motifs is 2. The molecule has 1 saturated heterocycles. The van der Waals surface area contributed by atoms with E-state index in [0.717, 1.165) is 5.56 Å². The standard InChI is InChI=1S/C33H35N5O10/c1-2-47-33(46)37-15-13-36(14-16-37)31(43)23(11-12-29(40)41)35-30(42)24-18-27(21-8-4-5-9-22(21)34-24)48-19-28(39)38-25-10-6-3-7-20(25)17-26(38)32(44)45/h3-10,18,23,26H,2,11-17,19H2,1H3,(H,35,42)(H,40,41)(H,44,45)/t23-,26-/m0/s1. The number of aliphatic carboxylic acids is 2. The maximum atomic E-state index is 13.5. The minimum atomic E-state index is -1.20. The number of nitrogens with one attached hydrogen (secondary N) is 1. The highest BCUT2D eigenvalue weighted by molar-refractivity contribution is 6.03. The first-order valence-corrected chi connectivity index (χ1v) is 15.5. The summed E-state index contributed by atoms with van der Waals surface area (Å²) in [5.41, 5.74) is 1.41. The third-order valence-corrected chi connectivity index (χ3v) is 8.16. The van der Waals surface area contributed by atoms with Gasteiger partial charge in [-0.1, -0.05) is 30.3 Å². The smallest absolute Gasteiger partial charge is 0.409 e. The van der Waals surface area contributed by atoms with Crippen molar-refractivity contribution in [1.29, 1.82) is 0 Å². The Balaban J connectivity index is 1.33. The van der Waals surface area contributed by atoms with Gasteiger partial charge in [0.25, 0.3) is 11.8 Å². The van der Waals surface area contributed by atoms with Gasteiger partial charge in [-0.05, 0) is 37.1 Å². The third kappa shape index (κ3) is 7.45. The number of aromatic nitrogens is 1. The number of amides is 4. The van der Waals surface area contributed by atoms with Crippen LogP contribution >= 0.6 is 0 Å². The van der Waals surface area contributed by atoms with Crippen LogP contribution in [0.15, 0.2) is 54.6 Å². The Labute approximate surface area is 275 Å². The summed E-state index contributed by atoms with van der Waals surface area (Å²) >= 11 is 0. The normalized spacial score (nSPS) is 16.2. The van der Waals surface area contributed by atoms with Crippen LogP contribution in [0.1, 0.15) is 35.8 Å². The zero-order valence-corrected chi connectivity index (χ0v) is 26.2. The molecule has 252 valence electrons. The molecular weight excluding hydrogens is 626 g/mol. The van der Waals surface area contributed by atoms with Crippen LogP contribution in [0, 0.1) is 0 Å². The van der Waals surface area contributed by atoms with Gasteiger partial charge >= 0.3 is 18.0 Å². The van der Waals surface area contributed by atoms with Crippen molar-refractivity contribution in [2.24, 2.45) is 0 Å². The van der Waals surface area contributed by atoms with Gasteiger partial charge < -0.3 is 34.8 Å². The number of carbonyl (C=O) groups is 6. The van der Waals surface area contributed by atoms with Crippen molar-refractivity contribution < 1.29 is 48.5 Å². The highest BCUT2D eigenvalue weighted by atomic mass is 16.6. The topological polar surface area (TPSA) is 196 Å². The monoisotopic (exact) mass is 661 g/mol. The number of rotatable bonds is 11. The zero-order valence-electron chi connectivity index (χ0n) is 26.2. The lowest BCUT2D eigenvalue weighted by atomic mass is 10.1. The summed E-state index contributed by atoms with van der Waals surface area (Å²) in [6.45, 7) is 2.13. The lowest BCUT2D eigenvalue weighted by molar-refractivity contribution is -0.140. The minimum Gasteiger partial charge on any atom is -0.483 e. The minimum absolute atomic E-state index is 0.127. The second-order valence-corrected chi connectivity index (χ2v) is 11.2.